The predicted molar refractivity (Wildman–Crippen MR) is 96.6 cm³/mol. The molecular formula is C17H22ClN5. The largest absolute Gasteiger partial charge is 0.393 e. The average molecular weight is 332 g/mol. The Labute approximate surface area is 141 Å². The quantitative estimate of drug-likeness (QED) is 0.884. The van der Waals surface area contributed by atoms with E-state index in [0.717, 1.165) is 23.6 Å². The van der Waals surface area contributed by atoms with Gasteiger partial charge in [-0.25, -0.2) is 9.97 Å². The van der Waals surface area contributed by atoms with Crippen LogP contribution in [-0.4, -0.2) is 22.6 Å². The lowest BCUT2D eigenvalue weighted by Crippen LogP contribution is -2.38. The number of nitrogens with two attached hydrogens (primary N) is 1. The van der Waals surface area contributed by atoms with Crippen molar-refractivity contribution in [1.29, 1.82) is 0 Å². The summed E-state index contributed by atoms with van der Waals surface area (Å²) in [7, 11) is 0. The van der Waals surface area contributed by atoms with Crippen molar-refractivity contribution >= 4 is 34.6 Å². The minimum atomic E-state index is 0.446. The lowest BCUT2D eigenvalue weighted by Gasteiger charge is -2.35. The van der Waals surface area contributed by atoms with E-state index in [1.807, 2.05) is 25.1 Å². The van der Waals surface area contributed by atoms with Gasteiger partial charge < -0.3 is 16.0 Å². The molecule has 1 fully saturated rings. The molecule has 5 nitrogen and oxygen atoms in total. The van der Waals surface area contributed by atoms with Crippen LogP contribution in [-0.2, 0) is 0 Å². The van der Waals surface area contributed by atoms with Crippen molar-refractivity contribution < 1.29 is 0 Å². The molecule has 1 saturated heterocycles. The van der Waals surface area contributed by atoms with Crippen LogP contribution in [0.3, 0.4) is 0 Å². The molecule has 1 aromatic carbocycles. The Morgan fingerprint density at radius 2 is 2.13 bits per heavy atom. The van der Waals surface area contributed by atoms with Gasteiger partial charge >= 0.3 is 0 Å². The van der Waals surface area contributed by atoms with Gasteiger partial charge in [0.15, 0.2) is 11.6 Å². The summed E-state index contributed by atoms with van der Waals surface area (Å²) in [5, 5.41) is 4.00. The average Bonchev–Trinajstić information content (AvgIpc) is 2.54. The second kappa shape index (κ2) is 6.62. The summed E-state index contributed by atoms with van der Waals surface area (Å²) in [4.78, 5) is 11.0. The van der Waals surface area contributed by atoms with Gasteiger partial charge in [0, 0.05) is 23.3 Å². The van der Waals surface area contributed by atoms with E-state index in [9.17, 15) is 0 Å². The summed E-state index contributed by atoms with van der Waals surface area (Å²) in [6.07, 6.45) is 5.16. The number of hydrogen-bond acceptors (Lipinski definition) is 5. The number of rotatable bonds is 3. The Morgan fingerprint density at radius 3 is 2.91 bits per heavy atom. The molecule has 2 aromatic rings. The van der Waals surface area contributed by atoms with Crippen LogP contribution in [0.25, 0.3) is 0 Å². The molecule has 0 spiro atoms. The van der Waals surface area contributed by atoms with E-state index in [1.165, 1.54) is 19.3 Å². The molecular weight excluding hydrogens is 310 g/mol. The molecule has 1 aromatic heterocycles. The molecule has 0 bridgehead atoms. The molecule has 0 aliphatic carbocycles. The van der Waals surface area contributed by atoms with Gasteiger partial charge in [-0.15, -0.1) is 0 Å². The van der Waals surface area contributed by atoms with Gasteiger partial charge in [-0.05, 0) is 50.8 Å². The van der Waals surface area contributed by atoms with E-state index in [2.05, 4.69) is 27.1 Å². The second-order valence-electron chi connectivity index (χ2n) is 6.04. The van der Waals surface area contributed by atoms with Crippen LogP contribution < -0.4 is 16.0 Å². The van der Waals surface area contributed by atoms with E-state index in [-0.39, 0.29) is 0 Å². The van der Waals surface area contributed by atoms with Crippen molar-refractivity contribution in [2.45, 2.75) is 39.2 Å². The fourth-order valence-corrected chi connectivity index (χ4v) is 3.17. The third-order valence-electron chi connectivity index (χ3n) is 4.46. The molecule has 0 radical (unpaired) electrons. The van der Waals surface area contributed by atoms with Gasteiger partial charge in [0.25, 0.3) is 0 Å². The van der Waals surface area contributed by atoms with E-state index in [0.29, 0.717) is 22.6 Å². The van der Waals surface area contributed by atoms with Gasteiger partial charge in [-0.1, -0.05) is 17.7 Å². The summed E-state index contributed by atoms with van der Waals surface area (Å²) in [5.41, 5.74) is 8.81. The monoisotopic (exact) mass is 331 g/mol. The fourth-order valence-electron chi connectivity index (χ4n) is 3.00. The van der Waals surface area contributed by atoms with E-state index in [4.69, 9.17) is 17.3 Å². The predicted octanol–water partition coefficient (Wildman–Crippen LogP) is 4.14. The molecule has 0 amide bonds. The lowest BCUT2D eigenvalue weighted by atomic mass is 10.0. The first-order valence-electron chi connectivity index (χ1n) is 7.97. The van der Waals surface area contributed by atoms with E-state index >= 15 is 0 Å². The van der Waals surface area contributed by atoms with E-state index in [1.54, 1.807) is 6.33 Å². The van der Waals surface area contributed by atoms with Gasteiger partial charge in [0.05, 0.1) is 0 Å². The molecule has 1 aliphatic rings. The highest BCUT2D eigenvalue weighted by atomic mass is 35.5. The van der Waals surface area contributed by atoms with Gasteiger partial charge in [-0.2, -0.15) is 0 Å². The van der Waals surface area contributed by atoms with Gasteiger partial charge in [-0.3, -0.25) is 0 Å². The van der Waals surface area contributed by atoms with Crippen LogP contribution in [0.15, 0.2) is 24.5 Å². The molecule has 1 atom stereocenters. The first kappa shape index (κ1) is 15.9. The Bertz CT molecular complexity index is 703. The Hall–Kier alpha value is -2.01. The molecule has 3 rings (SSSR count). The standard InChI is InChI=1S/C17H22ClN5/c1-11-6-3-4-9-23(11)17-15(19)16(20-10-21-17)22-14-8-5-7-13(18)12(14)2/h5,7-8,10-11H,3-4,6,9,19H2,1-2H3,(H,20,21,22). The van der Waals surface area contributed by atoms with Crippen LogP contribution >= 0.6 is 11.6 Å². The number of nitrogens with one attached hydrogen (secondary N) is 1. The molecule has 6 heteroatoms. The molecule has 122 valence electrons. The molecule has 1 unspecified atom stereocenters. The Kier molecular flexibility index (Phi) is 4.57. The first-order valence-corrected chi connectivity index (χ1v) is 8.35. The zero-order valence-electron chi connectivity index (χ0n) is 13.5. The lowest BCUT2D eigenvalue weighted by molar-refractivity contribution is 0.481. The second-order valence-corrected chi connectivity index (χ2v) is 6.44. The fraction of sp³-hybridized carbons (Fsp3) is 0.412. The molecule has 1 aliphatic heterocycles. The number of nitrogens with zero attached hydrogens (tertiary/aromatic N) is 3. The van der Waals surface area contributed by atoms with Crippen molar-refractivity contribution in [1.82, 2.24) is 9.97 Å². The van der Waals surface area contributed by atoms with Gasteiger partial charge in [0.2, 0.25) is 0 Å². The molecule has 0 saturated carbocycles. The van der Waals surface area contributed by atoms with Crippen LogP contribution in [0.5, 0.6) is 0 Å². The number of anilines is 4. The highest BCUT2D eigenvalue weighted by Crippen LogP contribution is 2.33. The van der Waals surface area contributed by atoms with Crippen LogP contribution in [0.2, 0.25) is 5.02 Å². The maximum Gasteiger partial charge on any atom is 0.159 e. The van der Waals surface area contributed by atoms with Crippen molar-refractivity contribution in [2.24, 2.45) is 0 Å². The van der Waals surface area contributed by atoms with Crippen molar-refractivity contribution in [3.8, 4) is 0 Å². The normalized spacial score (nSPS) is 18.0. The van der Waals surface area contributed by atoms with Crippen molar-refractivity contribution in [3.05, 3.63) is 35.1 Å². The number of halogens is 1. The first-order chi connectivity index (χ1) is 11.1. The summed E-state index contributed by atoms with van der Waals surface area (Å²) < 4.78 is 0. The molecule has 23 heavy (non-hydrogen) atoms. The number of benzene rings is 1. The SMILES string of the molecule is Cc1c(Cl)cccc1Nc1ncnc(N2CCCCC2C)c1N. The molecule has 3 N–H and O–H groups in total. The third kappa shape index (κ3) is 3.20. The maximum absolute atomic E-state index is 6.35. The third-order valence-corrected chi connectivity index (χ3v) is 4.87. The zero-order valence-corrected chi connectivity index (χ0v) is 14.3. The maximum atomic E-state index is 6.35. The number of hydrogen-bond donors (Lipinski definition) is 2. The number of nitrogen functional groups attached to an aromatic ring is 1. The molecule has 2 heterocycles. The van der Waals surface area contributed by atoms with Crippen LogP contribution in [0.4, 0.5) is 23.0 Å². The Balaban J connectivity index is 1.92. The van der Waals surface area contributed by atoms with Gasteiger partial charge in [0.1, 0.15) is 12.0 Å². The highest BCUT2D eigenvalue weighted by Gasteiger charge is 2.23. The van der Waals surface area contributed by atoms with E-state index < -0.39 is 0 Å². The van der Waals surface area contributed by atoms with Crippen molar-refractivity contribution in [3.63, 3.8) is 0 Å². The summed E-state index contributed by atoms with van der Waals surface area (Å²) in [6, 6.07) is 6.18. The minimum absolute atomic E-state index is 0.446. The zero-order chi connectivity index (χ0) is 16.4. The number of piperidine rings is 1. The summed E-state index contributed by atoms with van der Waals surface area (Å²) in [6.45, 7) is 5.17. The highest BCUT2D eigenvalue weighted by molar-refractivity contribution is 6.31. The Morgan fingerprint density at radius 1 is 1.30 bits per heavy atom. The number of aromatic nitrogens is 2. The minimum Gasteiger partial charge on any atom is -0.393 e. The topological polar surface area (TPSA) is 67.1 Å². The van der Waals surface area contributed by atoms with Crippen molar-refractivity contribution in [2.75, 3.05) is 22.5 Å². The van der Waals surface area contributed by atoms with Crippen LogP contribution in [0, 0.1) is 6.92 Å². The summed E-state index contributed by atoms with van der Waals surface area (Å²) >= 11 is 6.18. The smallest absolute Gasteiger partial charge is 0.159 e. The van der Waals surface area contributed by atoms with Crippen LogP contribution in [0.1, 0.15) is 31.7 Å². The summed E-state index contributed by atoms with van der Waals surface area (Å²) in [5.74, 6) is 1.44.